The van der Waals surface area contributed by atoms with Crippen LogP contribution in [0.15, 0.2) is 66.7 Å². The summed E-state index contributed by atoms with van der Waals surface area (Å²) in [4.78, 5) is 6.15. The highest BCUT2D eigenvalue weighted by Crippen LogP contribution is 2.41. The molecule has 2 aliphatic heterocycles. The summed E-state index contributed by atoms with van der Waals surface area (Å²) in [5, 5.41) is 11.4. The Morgan fingerprint density at radius 2 is 1.61 bits per heavy atom. The van der Waals surface area contributed by atoms with Gasteiger partial charge in [0.15, 0.2) is 0 Å². The normalized spacial score (nSPS) is 18.5. The molecule has 3 heterocycles. The van der Waals surface area contributed by atoms with Crippen LogP contribution in [0.4, 0.5) is 0 Å². The van der Waals surface area contributed by atoms with Gasteiger partial charge in [-0.1, -0.05) is 18.6 Å². The maximum absolute atomic E-state index is 10.2. The second-order valence-electron chi connectivity index (χ2n) is 11.8. The number of nitrogens with zero attached hydrogens (tertiary/aromatic N) is 2. The number of thiophene rings is 1. The molecule has 1 atom stereocenters. The Labute approximate surface area is 248 Å². The Kier molecular flexibility index (Phi) is 9.10. The highest BCUT2D eigenvalue weighted by molar-refractivity contribution is 7.22. The molecule has 2 fully saturated rings. The molecular formula is C35H42N2O3S. The topological polar surface area (TPSA) is 45.2 Å². The van der Waals surface area contributed by atoms with Gasteiger partial charge in [0.05, 0.1) is 6.61 Å². The van der Waals surface area contributed by atoms with Gasteiger partial charge in [0.1, 0.15) is 23.9 Å². The first-order chi connectivity index (χ1) is 20.1. The number of ether oxygens (including phenoxy) is 2. The summed E-state index contributed by atoms with van der Waals surface area (Å²) in [6.07, 6.45) is 7.29. The minimum absolute atomic E-state index is 0.306. The molecule has 4 aromatic rings. The first kappa shape index (κ1) is 28.1. The average Bonchev–Trinajstić information content (AvgIpc) is 3.34. The van der Waals surface area contributed by atoms with Gasteiger partial charge in [0, 0.05) is 28.6 Å². The van der Waals surface area contributed by atoms with Crippen LogP contribution in [-0.2, 0) is 6.42 Å². The van der Waals surface area contributed by atoms with Crippen molar-refractivity contribution in [1.29, 1.82) is 0 Å². The van der Waals surface area contributed by atoms with Crippen LogP contribution in [0.1, 0.15) is 43.2 Å². The van der Waals surface area contributed by atoms with Gasteiger partial charge in [0.2, 0.25) is 0 Å². The summed E-state index contributed by atoms with van der Waals surface area (Å²) in [6, 6.07) is 22.8. The largest absolute Gasteiger partial charge is 0.508 e. The number of likely N-dealkylation sites (tertiary alicyclic amines) is 2. The van der Waals surface area contributed by atoms with Crippen LogP contribution < -0.4 is 9.47 Å². The molecule has 0 bridgehead atoms. The number of aromatic hydroxyl groups is 1. The van der Waals surface area contributed by atoms with E-state index >= 15 is 0 Å². The van der Waals surface area contributed by atoms with Crippen LogP contribution in [0, 0.1) is 5.92 Å². The van der Waals surface area contributed by atoms with Crippen molar-refractivity contribution in [2.45, 2.75) is 38.5 Å². The summed E-state index contributed by atoms with van der Waals surface area (Å²) in [6.45, 7) is 7.21. The lowest BCUT2D eigenvalue weighted by Crippen LogP contribution is -2.34. The SMILES string of the molecule is CN1CCCC(COc2ccc(Cc3c(-c4ccc(OCCN5CCCCC5)cc4)sc4cc(O)ccc34)cc2)C1. The molecular weight excluding hydrogens is 528 g/mol. The van der Waals surface area contributed by atoms with Crippen LogP contribution >= 0.6 is 11.3 Å². The molecule has 0 amide bonds. The van der Waals surface area contributed by atoms with Gasteiger partial charge < -0.3 is 19.5 Å². The highest BCUT2D eigenvalue weighted by Gasteiger charge is 2.18. The van der Waals surface area contributed by atoms with E-state index in [1.54, 1.807) is 17.4 Å². The van der Waals surface area contributed by atoms with Gasteiger partial charge in [-0.05, 0) is 135 Å². The van der Waals surface area contributed by atoms with Crippen molar-refractivity contribution in [3.63, 3.8) is 0 Å². The molecule has 1 aromatic heterocycles. The smallest absolute Gasteiger partial charge is 0.119 e. The Bertz CT molecular complexity index is 1410. The van der Waals surface area contributed by atoms with Crippen molar-refractivity contribution in [1.82, 2.24) is 9.80 Å². The minimum Gasteiger partial charge on any atom is -0.508 e. The van der Waals surface area contributed by atoms with E-state index in [9.17, 15) is 5.11 Å². The lowest BCUT2D eigenvalue weighted by Gasteiger charge is -2.29. The molecule has 6 rings (SSSR count). The molecule has 0 saturated carbocycles. The molecule has 1 unspecified atom stereocenters. The number of rotatable bonds is 10. The van der Waals surface area contributed by atoms with Gasteiger partial charge in [-0.2, -0.15) is 0 Å². The van der Waals surface area contributed by atoms with Gasteiger partial charge in [0.25, 0.3) is 0 Å². The molecule has 0 spiro atoms. The van der Waals surface area contributed by atoms with Crippen LogP contribution in [0.5, 0.6) is 17.2 Å². The summed E-state index contributed by atoms with van der Waals surface area (Å²) in [5.41, 5.74) is 3.73. The highest BCUT2D eigenvalue weighted by atomic mass is 32.1. The number of hydrogen-bond donors (Lipinski definition) is 1. The Balaban J connectivity index is 1.14. The molecule has 1 N–H and O–H groups in total. The number of benzene rings is 3. The molecule has 0 aliphatic carbocycles. The maximum atomic E-state index is 10.2. The van der Waals surface area contributed by atoms with Gasteiger partial charge >= 0.3 is 0 Å². The van der Waals surface area contributed by atoms with Crippen molar-refractivity contribution in [3.8, 4) is 27.7 Å². The summed E-state index contributed by atoms with van der Waals surface area (Å²) in [5.74, 6) is 2.77. The zero-order valence-electron chi connectivity index (χ0n) is 24.2. The van der Waals surface area contributed by atoms with E-state index in [-0.39, 0.29) is 0 Å². The second kappa shape index (κ2) is 13.3. The van der Waals surface area contributed by atoms with E-state index in [1.807, 2.05) is 6.07 Å². The Morgan fingerprint density at radius 1 is 0.854 bits per heavy atom. The van der Waals surface area contributed by atoms with Crippen molar-refractivity contribution < 1.29 is 14.6 Å². The molecule has 216 valence electrons. The minimum atomic E-state index is 0.306. The van der Waals surface area contributed by atoms with E-state index < -0.39 is 0 Å². The predicted octanol–water partition coefficient (Wildman–Crippen LogP) is 7.45. The predicted molar refractivity (Wildman–Crippen MR) is 170 cm³/mol. The van der Waals surface area contributed by atoms with E-state index in [0.29, 0.717) is 11.7 Å². The van der Waals surface area contributed by atoms with Gasteiger partial charge in [-0.25, -0.2) is 0 Å². The number of fused-ring (bicyclic) bond motifs is 1. The van der Waals surface area contributed by atoms with Gasteiger partial charge in [-0.15, -0.1) is 11.3 Å². The average molecular weight is 571 g/mol. The standard InChI is InChI=1S/C35H42N2O3S/c1-36-17-5-6-27(24-36)25-40-31-12-7-26(8-13-31)22-33-32-16-11-29(38)23-34(32)41-35(33)28-9-14-30(15-10-28)39-21-20-37-18-3-2-4-19-37/h7-16,23,27,38H,2-6,17-22,24-25H2,1H3. The summed E-state index contributed by atoms with van der Waals surface area (Å²) in [7, 11) is 2.20. The zero-order valence-corrected chi connectivity index (χ0v) is 25.0. The third-order valence-corrected chi connectivity index (χ3v) is 9.77. The van der Waals surface area contributed by atoms with E-state index in [4.69, 9.17) is 9.47 Å². The van der Waals surface area contributed by atoms with Crippen molar-refractivity contribution in [3.05, 3.63) is 77.9 Å². The summed E-state index contributed by atoms with van der Waals surface area (Å²) < 4.78 is 13.4. The fourth-order valence-corrected chi connectivity index (χ4v) is 7.52. The second-order valence-corrected chi connectivity index (χ2v) is 12.8. The quantitative estimate of drug-likeness (QED) is 0.215. The fourth-order valence-electron chi connectivity index (χ4n) is 6.26. The Morgan fingerprint density at radius 3 is 2.39 bits per heavy atom. The van der Waals surface area contributed by atoms with E-state index in [1.165, 1.54) is 78.7 Å². The molecule has 2 aliphatic rings. The lowest BCUT2D eigenvalue weighted by molar-refractivity contribution is 0.150. The van der Waals surface area contributed by atoms with Crippen molar-refractivity contribution >= 4 is 21.4 Å². The molecule has 41 heavy (non-hydrogen) atoms. The van der Waals surface area contributed by atoms with Crippen LogP contribution in [0.2, 0.25) is 0 Å². The first-order valence-corrected chi connectivity index (χ1v) is 16.0. The van der Waals surface area contributed by atoms with Crippen LogP contribution in [-0.4, -0.2) is 67.9 Å². The number of phenolic OH excluding ortho intramolecular Hbond substituents is 1. The van der Waals surface area contributed by atoms with E-state index in [0.717, 1.165) is 48.9 Å². The molecule has 5 nitrogen and oxygen atoms in total. The first-order valence-electron chi connectivity index (χ1n) is 15.2. The molecule has 3 aromatic carbocycles. The van der Waals surface area contributed by atoms with Crippen LogP contribution in [0.25, 0.3) is 20.5 Å². The molecule has 0 radical (unpaired) electrons. The Hall–Kier alpha value is -3.06. The zero-order chi connectivity index (χ0) is 28.0. The number of hydrogen-bond acceptors (Lipinski definition) is 6. The number of phenols is 1. The molecule has 2 saturated heterocycles. The van der Waals surface area contributed by atoms with Crippen LogP contribution in [0.3, 0.4) is 0 Å². The molecule has 6 heteroatoms. The summed E-state index contributed by atoms with van der Waals surface area (Å²) >= 11 is 1.74. The lowest BCUT2D eigenvalue weighted by atomic mass is 9.98. The van der Waals surface area contributed by atoms with Crippen molar-refractivity contribution in [2.24, 2.45) is 5.92 Å². The number of piperidine rings is 2. The monoisotopic (exact) mass is 570 g/mol. The third kappa shape index (κ3) is 7.24. The van der Waals surface area contributed by atoms with Gasteiger partial charge in [-0.3, -0.25) is 4.90 Å². The fraction of sp³-hybridized carbons (Fsp3) is 0.429. The maximum Gasteiger partial charge on any atom is 0.119 e. The van der Waals surface area contributed by atoms with E-state index in [2.05, 4.69) is 71.4 Å². The third-order valence-electron chi connectivity index (χ3n) is 8.53. The van der Waals surface area contributed by atoms with Crippen molar-refractivity contribution in [2.75, 3.05) is 53.0 Å².